The van der Waals surface area contributed by atoms with Crippen LogP contribution in [-0.4, -0.2) is 36.3 Å². The van der Waals surface area contributed by atoms with Crippen LogP contribution in [0.5, 0.6) is 0 Å². The van der Waals surface area contributed by atoms with Crippen LogP contribution in [-0.2, 0) is 20.8 Å². The molecule has 0 bridgehead atoms. The van der Waals surface area contributed by atoms with Gasteiger partial charge in [-0.1, -0.05) is 60.2 Å². The van der Waals surface area contributed by atoms with E-state index in [2.05, 4.69) is 67.9 Å². The number of thiophene rings is 1. The Bertz CT molecular complexity index is 1090. The minimum Gasteiger partial charge on any atom is -0.376 e. The molecule has 5 heteroatoms. The van der Waals surface area contributed by atoms with Gasteiger partial charge in [0, 0.05) is 21.9 Å². The highest BCUT2D eigenvalue weighted by molar-refractivity contribution is 8.00. The van der Waals surface area contributed by atoms with Gasteiger partial charge in [0.05, 0.1) is 25.9 Å². The van der Waals surface area contributed by atoms with Gasteiger partial charge in [-0.2, -0.15) is 0 Å². The summed E-state index contributed by atoms with van der Waals surface area (Å²) in [4.78, 5) is -1.02. The number of fused-ring (bicyclic) bond motifs is 1. The van der Waals surface area contributed by atoms with Gasteiger partial charge < -0.3 is 14.6 Å². The van der Waals surface area contributed by atoms with Crippen molar-refractivity contribution in [3.63, 3.8) is 0 Å². The molecule has 3 atom stereocenters. The zero-order valence-corrected chi connectivity index (χ0v) is 20.8. The van der Waals surface area contributed by atoms with Gasteiger partial charge in [-0.3, -0.25) is 0 Å². The molecule has 3 aromatic rings. The zero-order chi connectivity index (χ0) is 23.3. The molecule has 0 radical (unpaired) electrons. The summed E-state index contributed by atoms with van der Waals surface area (Å²) in [5.74, 6) is 0. The number of hydrogen-bond donors (Lipinski definition) is 1. The van der Waals surface area contributed by atoms with Crippen LogP contribution in [0.1, 0.15) is 35.1 Å². The first kappa shape index (κ1) is 24.2. The molecule has 4 rings (SSSR count). The van der Waals surface area contributed by atoms with E-state index < -0.39 is 4.93 Å². The normalized spacial score (nSPS) is 23.0. The molecular weight excluding hydrogens is 448 g/mol. The number of rotatable bonds is 10. The van der Waals surface area contributed by atoms with E-state index in [1.807, 2.05) is 0 Å². The molecule has 1 aromatic heterocycles. The fourth-order valence-electron chi connectivity index (χ4n) is 4.43. The van der Waals surface area contributed by atoms with Crippen molar-refractivity contribution < 1.29 is 14.6 Å². The molecule has 1 saturated heterocycles. The first-order chi connectivity index (χ1) is 16.0. The van der Waals surface area contributed by atoms with Crippen molar-refractivity contribution in [3.05, 3.63) is 95.4 Å². The molecule has 3 unspecified atom stereocenters. The van der Waals surface area contributed by atoms with Crippen molar-refractivity contribution in [2.75, 3.05) is 19.8 Å². The predicted molar refractivity (Wildman–Crippen MR) is 141 cm³/mol. The third-order valence-corrected chi connectivity index (χ3v) is 8.51. The fraction of sp³-hybridized carbons (Fsp3) is 0.357. The third-order valence-electron chi connectivity index (χ3n) is 6.00. The maximum atomic E-state index is 11.9. The number of ether oxygens (including phenoxy) is 2. The highest BCUT2D eigenvalue weighted by Crippen LogP contribution is 2.50. The van der Waals surface area contributed by atoms with Crippen LogP contribution in [0.15, 0.2) is 73.2 Å². The molecular formula is C28H32O3S2. The number of aryl methyl sites for hydroxylation is 1. The van der Waals surface area contributed by atoms with Gasteiger partial charge in [0.2, 0.25) is 0 Å². The van der Waals surface area contributed by atoms with Crippen LogP contribution >= 0.6 is 23.1 Å². The molecule has 1 aliphatic heterocycles. The highest BCUT2D eigenvalue weighted by atomic mass is 32.2. The van der Waals surface area contributed by atoms with E-state index >= 15 is 0 Å². The SMILES string of the molecule is C=CCOCC1CC(OCC=C)CC(O)(c2csc3c(Cc4ccc(C)cc4)cccc23)S1. The number of benzene rings is 2. The van der Waals surface area contributed by atoms with E-state index in [1.165, 1.54) is 21.4 Å². The Labute approximate surface area is 205 Å². The average molecular weight is 481 g/mol. The van der Waals surface area contributed by atoms with Crippen molar-refractivity contribution in [1.29, 1.82) is 0 Å². The van der Waals surface area contributed by atoms with Crippen LogP contribution < -0.4 is 0 Å². The third kappa shape index (κ3) is 5.79. The summed E-state index contributed by atoms with van der Waals surface area (Å²) < 4.78 is 13.0. The Morgan fingerprint density at radius 2 is 1.91 bits per heavy atom. The summed E-state index contributed by atoms with van der Waals surface area (Å²) in [5, 5.41) is 15.3. The van der Waals surface area contributed by atoms with E-state index in [4.69, 9.17) is 9.47 Å². The summed E-state index contributed by atoms with van der Waals surface area (Å²) in [6, 6.07) is 15.2. The Hall–Kier alpha value is -1.89. The second-order valence-electron chi connectivity index (χ2n) is 8.64. The standard InChI is InChI=1S/C28H32O3S2/c1-4-13-30-18-24-16-23(31-14-5-2)17-28(29,33-24)26-19-32-27-22(7-6-8-25(26)27)15-21-11-9-20(3)10-12-21/h4-12,19,23-24,29H,1-2,13-18H2,3H3. The second kappa shape index (κ2) is 11.0. The van der Waals surface area contributed by atoms with E-state index in [0.29, 0.717) is 26.2 Å². The smallest absolute Gasteiger partial charge is 0.140 e. The lowest BCUT2D eigenvalue weighted by molar-refractivity contribution is -0.00438. The minimum absolute atomic E-state index is 0.0442. The van der Waals surface area contributed by atoms with Crippen LogP contribution in [0, 0.1) is 6.92 Å². The van der Waals surface area contributed by atoms with Crippen LogP contribution in [0.4, 0.5) is 0 Å². The van der Waals surface area contributed by atoms with Crippen LogP contribution in [0.3, 0.4) is 0 Å². The quantitative estimate of drug-likeness (QED) is 0.262. The summed E-state index contributed by atoms with van der Waals surface area (Å²) >= 11 is 3.32. The molecule has 2 aromatic carbocycles. The Morgan fingerprint density at radius 3 is 2.67 bits per heavy atom. The summed E-state index contributed by atoms with van der Waals surface area (Å²) in [7, 11) is 0. The molecule has 33 heavy (non-hydrogen) atoms. The first-order valence-corrected chi connectivity index (χ1v) is 13.1. The molecule has 1 fully saturated rings. The van der Waals surface area contributed by atoms with E-state index in [0.717, 1.165) is 23.8 Å². The van der Waals surface area contributed by atoms with Crippen molar-refractivity contribution in [2.24, 2.45) is 0 Å². The fourth-order valence-corrected chi connectivity index (χ4v) is 7.26. The Morgan fingerprint density at radius 1 is 1.12 bits per heavy atom. The summed E-state index contributed by atoms with van der Waals surface area (Å²) in [5.41, 5.74) is 4.85. The Balaban J connectivity index is 1.63. The lowest BCUT2D eigenvalue weighted by Crippen LogP contribution is -2.39. The van der Waals surface area contributed by atoms with Crippen molar-refractivity contribution in [2.45, 2.75) is 42.5 Å². The van der Waals surface area contributed by atoms with Gasteiger partial charge >= 0.3 is 0 Å². The van der Waals surface area contributed by atoms with E-state index in [1.54, 1.807) is 35.3 Å². The molecule has 1 aliphatic rings. The van der Waals surface area contributed by atoms with Gasteiger partial charge in [-0.05, 0) is 41.7 Å². The maximum absolute atomic E-state index is 11.9. The summed E-state index contributed by atoms with van der Waals surface area (Å²) in [6.45, 7) is 11.2. The zero-order valence-electron chi connectivity index (χ0n) is 19.2. The minimum atomic E-state index is -1.02. The van der Waals surface area contributed by atoms with E-state index in [-0.39, 0.29) is 11.4 Å². The van der Waals surface area contributed by atoms with Gasteiger partial charge in [0.15, 0.2) is 0 Å². The van der Waals surface area contributed by atoms with Gasteiger partial charge in [0.1, 0.15) is 4.93 Å². The number of thioether (sulfide) groups is 1. The largest absolute Gasteiger partial charge is 0.376 e. The number of aliphatic hydroxyl groups is 1. The van der Waals surface area contributed by atoms with Crippen LogP contribution in [0.2, 0.25) is 0 Å². The van der Waals surface area contributed by atoms with Crippen molar-refractivity contribution >= 4 is 33.2 Å². The van der Waals surface area contributed by atoms with Crippen molar-refractivity contribution in [3.8, 4) is 0 Å². The molecule has 3 nitrogen and oxygen atoms in total. The molecule has 0 spiro atoms. The molecule has 0 saturated carbocycles. The Kier molecular flexibility index (Phi) is 8.10. The molecule has 1 N–H and O–H groups in total. The topological polar surface area (TPSA) is 38.7 Å². The number of hydrogen-bond acceptors (Lipinski definition) is 5. The molecule has 2 heterocycles. The molecule has 0 aliphatic carbocycles. The monoisotopic (exact) mass is 480 g/mol. The van der Waals surface area contributed by atoms with Gasteiger partial charge in [-0.25, -0.2) is 0 Å². The lowest BCUT2D eigenvalue weighted by Gasteiger charge is -2.40. The van der Waals surface area contributed by atoms with Gasteiger partial charge in [0.25, 0.3) is 0 Å². The van der Waals surface area contributed by atoms with E-state index in [9.17, 15) is 5.11 Å². The second-order valence-corrected chi connectivity index (χ2v) is 11.1. The van der Waals surface area contributed by atoms with Gasteiger partial charge in [-0.15, -0.1) is 36.3 Å². The first-order valence-electron chi connectivity index (χ1n) is 11.4. The average Bonchev–Trinajstić information content (AvgIpc) is 3.25. The predicted octanol–water partition coefficient (Wildman–Crippen LogP) is 6.62. The summed E-state index contributed by atoms with van der Waals surface area (Å²) in [6.07, 6.45) is 5.76. The van der Waals surface area contributed by atoms with Crippen molar-refractivity contribution in [1.82, 2.24) is 0 Å². The molecule has 174 valence electrons. The van der Waals surface area contributed by atoms with Crippen LogP contribution in [0.25, 0.3) is 10.1 Å². The highest BCUT2D eigenvalue weighted by Gasteiger charge is 2.43. The molecule has 0 amide bonds. The lowest BCUT2D eigenvalue weighted by atomic mass is 9.96. The maximum Gasteiger partial charge on any atom is 0.140 e.